The minimum Gasteiger partial charge on any atom is -0.382 e. The first-order chi connectivity index (χ1) is 7.83. The zero-order valence-electron chi connectivity index (χ0n) is 10.8. The second-order valence-corrected chi connectivity index (χ2v) is 4.84. The monoisotopic (exact) mass is 229 g/mol. The van der Waals surface area contributed by atoms with Crippen LogP contribution in [0.2, 0.25) is 0 Å². The van der Waals surface area contributed by atoms with Crippen LogP contribution in [0, 0.1) is 5.92 Å². The van der Waals surface area contributed by atoms with Crippen LogP contribution in [-0.4, -0.2) is 39.5 Å². The average Bonchev–Trinajstić information content (AvgIpc) is 2.30. The van der Waals surface area contributed by atoms with Crippen LogP contribution in [0.4, 0.5) is 0 Å². The van der Waals surface area contributed by atoms with Crippen LogP contribution < -0.4 is 5.32 Å². The Balaban J connectivity index is 1.87. The van der Waals surface area contributed by atoms with E-state index in [4.69, 9.17) is 9.47 Å². The van der Waals surface area contributed by atoms with Crippen LogP contribution in [0.25, 0.3) is 0 Å². The van der Waals surface area contributed by atoms with Gasteiger partial charge in [0.2, 0.25) is 0 Å². The Bertz CT molecular complexity index is 158. The van der Waals surface area contributed by atoms with Gasteiger partial charge in [-0.2, -0.15) is 0 Å². The van der Waals surface area contributed by atoms with Gasteiger partial charge in [-0.05, 0) is 32.2 Å². The Morgan fingerprint density at radius 2 is 2.00 bits per heavy atom. The molecule has 1 N–H and O–H groups in total. The van der Waals surface area contributed by atoms with Crippen LogP contribution in [-0.2, 0) is 9.47 Å². The minimum atomic E-state index is 0.210. The maximum atomic E-state index is 5.58. The molecule has 3 heteroatoms. The summed E-state index contributed by atoms with van der Waals surface area (Å²) in [6, 6.07) is 0. The molecule has 16 heavy (non-hydrogen) atoms. The minimum absolute atomic E-state index is 0.210. The summed E-state index contributed by atoms with van der Waals surface area (Å²) in [7, 11) is 1.71. The lowest BCUT2D eigenvalue weighted by atomic mass is 9.89. The Morgan fingerprint density at radius 1 is 1.25 bits per heavy atom. The third-order valence-electron chi connectivity index (χ3n) is 3.24. The number of methoxy groups -OCH3 is 1. The first kappa shape index (κ1) is 13.9. The second-order valence-electron chi connectivity index (χ2n) is 4.84. The molecule has 0 radical (unpaired) electrons. The molecule has 1 atom stereocenters. The maximum absolute atomic E-state index is 5.58. The van der Waals surface area contributed by atoms with Crippen molar-refractivity contribution in [1.82, 2.24) is 5.32 Å². The number of ether oxygens (including phenoxy) is 2. The average molecular weight is 229 g/mol. The van der Waals surface area contributed by atoms with E-state index in [1.165, 1.54) is 38.6 Å². The lowest BCUT2D eigenvalue weighted by Crippen LogP contribution is -2.29. The lowest BCUT2D eigenvalue weighted by Gasteiger charge is -2.22. The molecule has 0 aromatic rings. The van der Waals surface area contributed by atoms with Gasteiger partial charge in [-0.3, -0.25) is 0 Å². The summed E-state index contributed by atoms with van der Waals surface area (Å²) in [5.41, 5.74) is 0. The standard InChI is InChI=1S/C13H27NO2/c1-12(11-15-2)16-9-8-14-10-13-6-4-3-5-7-13/h12-14H,3-11H2,1-2H3. The highest BCUT2D eigenvalue weighted by Crippen LogP contribution is 2.22. The summed E-state index contributed by atoms with van der Waals surface area (Å²) in [5, 5.41) is 3.49. The van der Waals surface area contributed by atoms with E-state index in [1.807, 2.05) is 6.92 Å². The summed E-state index contributed by atoms with van der Waals surface area (Å²) in [5.74, 6) is 0.908. The number of nitrogens with one attached hydrogen (secondary N) is 1. The van der Waals surface area contributed by atoms with Crippen molar-refractivity contribution in [2.75, 3.05) is 33.4 Å². The molecule has 0 heterocycles. The summed E-state index contributed by atoms with van der Waals surface area (Å²) < 4.78 is 10.6. The van der Waals surface area contributed by atoms with Crippen LogP contribution in [0.3, 0.4) is 0 Å². The van der Waals surface area contributed by atoms with Crippen molar-refractivity contribution in [3.05, 3.63) is 0 Å². The Labute approximate surface area is 99.9 Å². The molecule has 0 aliphatic heterocycles. The highest BCUT2D eigenvalue weighted by atomic mass is 16.5. The summed E-state index contributed by atoms with van der Waals surface area (Å²) >= 11 is 0. The van der Waals surface area contributed by atoms with E-state index in [0.29, 0.717) is 6.61 Å². The van der Waals surface area contributed by atoms with Crippen molar-refractivity contribution in [3.63, 3.8) is 0 Å². The van der Waals surface area contributed by atoms with Gasteiger partial charge >= 0.3 is 0 Å². The molecule has 3 nitrogen and oxygen atoms in total. The van der Waals surface area contributed by atoms with Crippen molar-refractivity contribution in [2.45, 2.75) is 45.1 Å². The van der Waals surface area contributed by atoms with E-state index in [1.54, 1.807) is 7.11 Å². The number of rotatable bonds is 8. The van der Waals surface area contributed by atoms with Crippen LogP contribution >= 0.6 is 0 Å². The van der Waals surface area contributed by atoms with Gasteiger partial charge in [0.15, 0.2) is 0 Å². The van der Waals surface area contributed by atoms with Gasteiger partial charge in [0.25, 0.3) is 0 Å². The molecule has 0 saturated heterocycles. The zero-order chi connectivity index (χ0) is 11.6. The summed E-state index contributed by atoms with van der Waals surface area (Å²) in [6.45, 7) is 5.65. The zero-order valence-corrected chi connectivity index (χ0v) is 10.8. The molecular formula is C13H27NO2. The van der Waals surface area contributed by atoms with Gasteiger partial charge in [0, 0.05) is 13.7 Å². The molecule has 0 spiro atoms. The fourth-order valence-corrected chi connectivity index (χ4v) is 2.31. The largest absolute Gasteiger partial charge is 0.382 e. The number of hydrogen-bond acceptors (Lipinski definition) is 3. The molecular weight excluding hydrogens is 202 g/mol. The molecule has 96 valence electrons. The van der Waals surface area contributed by atoms with Gasteiger partial charge < -0.3 is 14.8 Å². The normalized spacial score (nSPS) is 19.9. The number of hydrogen-bond donors (Lipinski definition) is 1. The first-order valence-electron chi connectivity index (χ1n) is 6.64. The molecule has 1 aliphatic carbocycles. The van der Waals surface area contributed by atoms with Crippen molar-refractivity contribution in [1.29, 1.82) is 0 Å². The molecule has 1 saturated carbocycles. The van der Waals surface area contributed by atoms with Crippen LogP contribution in [0.15, 0.2) is 0 Å². The third-order valence-corrected chi connectivity index (χ3v) is 3.24. The molecule has 0 aromatic heterocycles. The van der Waals surface area contributed by atoms with Gasteiger partial charge in [-0.1, -0.05) is 19.3 Å². The van der Waals surface area contributed by atoms with E-state index in [2.05, 4.69) is 5.32 Å². The highest BCUT2D eigenvalue weighted by molar-refractivity contribution is 4.67. The quantitative estimate of drug-likeness (QED) is 0.647. The Kier molecular flexibility index (Phi) is 7.81. The molecule has 0 aromatic carbocycles. The van der Waals surface area contributed by atoms with Gasteiger partial charge in [-0.25, -0.2) is 0 Å². The van der Waals surface area contributed by atoms with E-state index in [9.17, 15) is 0 Å². The predicted octanol–water partition coefficient (Wildman–Crippen LogP) is 2.21. The Hall–Kier alpha value is -0.120. The first-order valence-corrected chi connectivity index (χ1v) is 6.64. The smallest absolute Gasteiger partial charge is 0.0780 e. The van der Waals surface area contributed by atoms with Crippen LogP contribution in [0.5, 0.6) is 0 Å². The molecule has 1 fully saturated rings. The summed E-state index contributed by atoms with van der Waals surface area (Å²) in [6.07, 6.45) is 7.32. The highest BCUT2D eigenvalue weighted by Gasteiger charge is 2.12. The molecule has 0 bridgehead atoms. The topological polar surface area (TPSA) is 30.5 Å². The van der Waals surface area contributed by atoms with Crippen molar-refractivity contribution in [3.8, 4) is 0 Å². The van der Waals surface area contributed by atoms with E-state index >= 15 is 0 Å². The molecule has 0 amide bonds. The van der Waals surface area contributed by atoms with E-state index in [-0.39, 0.29) is 6.10 Å². The van der Waals surface area contributed by atoms with Gasteiger partial charge in [0.05, 0.1) is 19.3 Å². The second kappa shape index (κ2) is 8.97. The van der Waals surface area contributed by atoms with E-state index < -0.39 is 0 Å². The molecule has 1 aliphatic rings. The van der Waals surface area contributed by atoms with Gasteiger partial charge in [0.1, 0.15) is 0 Å². The molecule has 1 unspecified atom stereocenters. The van der Waals surface area contributed by atoms with E-state index in [0.717, 1.165) is 19.1 Å². The lowest BCUT2D eigenvalue weighted by molar-refractivity contribution is 0.0105. The fourth-order valence-electron chi connectivity index (χ4n) is 2.31. The fraction of sp³-hybridized carbons (Fsp3) is 1.00. The SMILES string of the molecule is COCC(C)OCCNCC1CCCCC1. The summed E-state index contributed by atoms with van der Waals surface area (Å²) in [4.78, 5) is 0. The van der Waals surface area contributed by atoms with Crippen LogP contribution in [0.1, 0.15) is 39.0 Å². The predicted molar refractivity (Wildman–Crippen MR) is 66.7 cm³/mol. The van der Waals surface area contributed by atoms with Crippen molar-refractivity contribution in [2.24, 2.45) is 5.92 Å². The molecule has 1 rings (SSSR count). The van der Waals surface area contributed by atoms with Crippen molar-refractivity contribution < 1.29 is 9.47 Å². The van der Waals surface area contributed by atoms with Gasteiger partial charge in [-0.15, -0.1) is 0 Å². The van der Waals surface area contributed by atoms with Crippen molar-refractivity contribution >= 4 is 0 Å². The third kappa shape index (κ3) is 6.46. The Morgan fingerprint density at radius 3 is 2.69 bits per heavy atom. The maximum Gasteiger partial charge on any atom is 0.0780 e.